The average Bonchev–Trinajstić information content (AvgIpc) is 2.03. The van der Waals surface area contributed by atoms with E-state index in [1.165, 1.54) is 13.0 Å². The van der Waals surface area contributed by atoms with E-state index >= 15 is 0 Å². The predicted molar refractivity (Wildman–Crippen MR) is 46.7 cm³/mol. The third kappa shape index (κ3) is 1.46. The zero-order valence-electron chi connectivity index (χ0n) is 7.55. The topological polar surface area (TPSA) is 32.3 Å². The minimum atomic E-state index is 0.242. The SMILES string of the molecule is CN1CCC2CNC(=O)CC2C1. The van der Waals surface area contributed by atoms with Crippen LogP contribution in [0.15, 0.2) is 0 Å². The molecule has 2 fully saturated rings. The first-order valence-corrected chi connectivity index (χ1v) is 4.71. The van der Waals surface area contributed by atoms with E-state index in [1.807, 2.05) is 0 Å². The van der Waals surface area contributed by atoms with Crippen molar-refractivity contribution < 1.29 is 4.79 Å². The fraction of sp³-hybridized carbons (Fsp3) is 0.889. The van der Waals surface area contributed by atoms with Crippen LogP contribution >= 0.6 is 0 Å². The Hall–Kier alpha value is -0.570. The maximum Gasteiger partial charge on any atom is 0.220 e. The van der Waals surface area contributed by atoms with Crippen LogP contribution in [0.3, 0.4) is 0 Å². The van der Waals surface area contributed by atoms with Crippen LogP contribution in [0.5, 0.6) is 0 Å². The molecule has 3 nitrogen and oxygen atoms in total. The van der Waals surface area contributed by atoms with Gasteiger partial charge < -0.3 is 10.2 Å². The van der Waals surface area contributed by atoms with Gasteiger partial charge >= 0.3 is 0 Å². The third-order valence-corrected chi connectivity index (χ3v) is 3.10. The van der Waals surface area contributed by atoms with Crippen LogP contribution in [0.2, 0.25) is 0 Å². The van der Waals surface area contributed by atoms with Crippen molar-refractivity contribution in [2.24, 2.45) is 11.8 Å². The van der Waals surface area contributed by atoms with Crippen molar-refractivity contribution in [2.45, 2.75) is 12.8 Å². The van der Waals surface area contributed by atoms with Gasteiger partial charge in [-0.1, -0.05) is 0 Å². The van der Waals surface area contributed by atoms with Gasteiger partial charge in [0.05, 0.1) is 0 Å². The number of nitrogens with zero attached hydrogens (tertiary/aromatic N) is 1. The molecule has 2 rings (SSSR count). The summed E-state index contributed by atoms with van der Waals surface area (Å²) < 4.78 is 0. The molecular weight excluding hydrogens is 152 g/mol. The molecule has 3 heteroatoms. The van der Waals surface area contributed by atoms with Crippen LogP contribution < -0.4 is 5.32 Å². The number of amides is 1. The Morgan fingerprint density at radius 3 is 3.17 bits per heavy atom. The first kappa shape index (κ1) is 8.05. The van der Waals surface area contributed by atoms with Crippen LogP contribution in [-0.2, 0) is 4.79 Å². The molecule has 2 heterocycles. The normalized spacial score (nSPS) is 37.2. The van der Waals surface area contributed by atoms with Crippen LogP contribution in [-0.4, -0.2) is 37.5 Å². The number of fused-ring (bicyclic) bond motifs is 1. The molecule has 2 atom stereocenters. The number of piperidine rings is 2. The van der Waals surface area contributed by atoms with Gasteiger partial charge in [-0.05, 0) is 31.8 Å². The molecule has 2 aliphatic heterocycles. The van der Waals surface area contributed by atoms with Crippen LogP contribution in [0.1, 0.15) is 12.8 Å². The van der Waals surface area contributed by atoms with Crippen molar-refractivity contribution in [3.05, 3.63) is 0 Å². The largest absolute Gasteiger partial charge is 0.356 e. The Balaban J connectivity index is 1.99. The molecule has 1 amide bonds. The highest BCUT2D eigenvalue weighted by Gasteiger charge is 2.32. The van der Waals surface area contributed by atoms with E-state index in [-0.39, 0.29) is 5.91 Å². The summed E-state index contributed by atoms with van der Waals surface area (Å²) in [6, 6.07) is 0. The number of hydrogen-bond acceptors (Lipinski definition) is 2. The highest BCUT2D eigenvalue weighted by molar-refractivity contribution is 5.77. The minimum absolute atomic E-state index is 0.242. The molecule has 68 valence electrons. The second-order valence-corrected chi connectivity index (χ2v) is 4.08. The van der Waals surface area contributed by atoms with Gasteiger partial charge in [0.1, 0.15) is 0 Å². The monoisotopic (exact) mass is 168 g/mol. The maximum absolute atomic E-state index is 11.1. The molecule has 2 unspecified atom stereocenters. The average molecular weight is 168 g/mol. The molecule has 1 N–H and O–H groups in total. The van der Waals surface area contributed by atoms with Crippen LogP contribution in [0.4, 0.5) is 0 Å². The lowest BCUT2D eigenvalue weighted by molar-refractivity contribution is -0.125. The van der Waals surface area contributed by atoms with Gasteiger partial charge in [-0.15, -0.1) is 0 Å². The van der Waals surface area contributed by atoms with Crippen molar-refractivity contribution in [3.63, 3.8) is 0 Å². The molecule has 0 aromatic heterocycles. The van der Waals surface area contributed by atoms with Crippen LogP contribution in [0, 0.1) is 11.8 Å². The summed E-state index contributed by atoms with van der Waals surface area (Å²) in [5, 5.41) is 2.94. The van der Waals surface area contributed by atoms with E-state index in [9.17, 15) is 4.79 Å². The third-order valence-electron chi connectivity index (χ3n) is 3.10. The molecule has 2 aliphatic rings. The molecular formula is C9H16N2O. The number of likely N-dealkylation sites (tertiary alicyclic amines) is 1. The summed E-state index contributed by atoms with van der Waals surface area (Å²) in [5.74, 6) is 1.61. The molecule has 2 saturated heterocycles. The highest BCUT2D eigenvalue weighted by Crippen LogP contribution is 2.27. The molecule has 0 spiro atoms. The lowest BCUT2D eigenvalue weighted by Gasteiger charge is -2.39. The van der Waals surface area contributed by atoms with Gasteiger partial charge in [-0.3, -0.25) is 4.79 Å². The Morgan fingerprint density at radius 1 is 1.50 bits per heavy atom. The van der Waals surface area contributed by atoms with Gasteiger partial charge in [0.25, 0.3) is 0 Å². The number of nitrogens with one attached hydrogen (secondary N) is 1. The zero-order chi connectivity index (χ0) is 8.55. The fourth-order valence-electron chi connectivity index (χ4n) is 2.32. The second-order valence-electron chi connectivity index (χ2n) is 4.08. The molecule has 0 radical (unpaired) electrons. The van der Waals surface area contributed by atoms with E-state index in [0.29, 0.717) is 5.92 Å². The lowest BCUT2D eigenvalue weighted by Crippen LogP contribution is -2.48. The summed E-state index contributed by atoms with van der Waals surface area (Å²) in [4.78, 5) is 13.4. The lowest BCUT2D eigenvalue weighted by atomic mass is 9.81. The van der Waals surface area contributed by atoms with E-state index in [4.69, 9.17) is 0 Å². The summed E-state index contributed by atoms with van der Waals surface area (Å²) >= 11 is 0. The van der Waals surface area contributed by atoms with Crippen LogP contribution in [0.25, 0.3) is 0 Å². The maximum atomic E-state index is 11.1. The van der Waals surface area contributed by atoms with Crippen molar-refractivity contribution in [3.8, 4) is 0 Å². The van der Waals surface area contributed by atoms with Gasteiger partial charge in [0, 0.05) is 19.5 Å². The highest BCUT2D eigenvalue weighted by atomic mass is 16.1. The van der Waals surface area contributed by atoms with Crippen molar-refractivity contribution in [1.29, 1.82) is 0 Å². The quantitative estimate of drug-likeness (QED) is 0.555. The van der Waals surface area contributed by atoms with E-state index in [2.05, 4.69) is 17.3 Å². The van der Waals surface area contributed by atoms with Gasteiger partial charge in [-0.2, -0.15) is 0 Å². The predicted octanol–water partition coefficient (Wildman–Crippen LogP) is 0.0742. The van der Waals surface area contributed by atoms with Gasteiger partial charge in [-0.25, -0.2) is 0 Å². The first-order valence-electron chi connectivity index (χ1n) is 4.71. The summed E-state index contributed by atoms with van der Waals surface area (Å²) in [6.07, 6.45) is 2.00. The molecule has 0 bridgehead atoms. The van der Waals surface area contributed by atoms with Crippen molar-refractivity contribution in [1.82, 2.24) is 10.2 Å². The zero-order valence-corrected chi connectivity index (χ0v) is 7.55. The molecule has 0 aromatic rings. The van der Waals surface area contributed by atoms with Gasteiger partial charge in [0.15, 0.2) is 0 Å². The molecule has 0 aliphatic carbocycles. The molecule has 0 aromatic carbocycles. The summed E-state index contributed by atoms with van der Waals surface area (Å²) in [5.41, 5.74) is 0. The van der Waals surface area contributed by atoms with Crippen molar-refractivity contribution in [2.75, 3.05) is 26.7 Å². The number of rotatable bonds is 0. The Bertz CT molecular complexity index is 193. The Labute approximate surface area is 73.1 Å². The Kier molecular flexibility index (Phi) is 2.05. The van der Waals surface area contributed by atoms with E-state index in [1.54, 1.807) is 0 Å². The summed E-state index contributed by atoms with van der Waals surface area (Å²) in [7, 11) is 2.14. The first-order chi connectivity index (χ1) is 5.75. The van der Waals surface area contributed by atoms with E-state index < -0.39 is 0 Å². The number of carbonyl (C=O) groups is 1. The molecule has 12 heavy (non-hydrogen) atoms. The minimum Gasteiger partial charge on any atom is -0.356 e. The number of hydrogen-bond donors (Lipinski definition) is 1. The molecule has 0 saturated carbocycles. The van der Waals surface area contributed by atoms with Crippen molar-refractivity contribution >= 4 is 5.91 Å². The summed E-state index contributed by atoms with van der Waals surface area (Å²) in [6.45, 7) is 3.21. The van der Waals surface area contributed by atoms with Gasteiger partial charge in [0.2, 0.25) is 5.91 Å². The second kappa shape index (κ2) is 3.05. The smallest absolute Gasteiger partial charge is 0.220 e. The Morgan fingerprint density at radius 2 is 2.33 bits per heavy atom. The number of carbonyl (C=O) groups excluding carboxylic acids is 1. The van der Waals surface area contributed by atoms with E-state index in [0.717, 1.165) is 25.4 Å². The standard InChI is InChI=1S/C9H16N2O/c1-11-3-2-7-5-10-9(12)4-8(7)6-11/h7-8H,2-6H2,1H3,(H,10,12). The fourth-order valence-corrected chi connectivity index (χ4v) is 2.32.